The molecule has 1 unspecified atom stereocenters. The van der Waals surface area contributed by atoms with Gasteiger partial charge in [0.2, 0.25) is 0 Å². The minimum absolute atomic E-state index is 0.143. The summed E-state index contributed by atoms with van der Waals surface area (Å²) in [6.07, 6.45) is -1.15. The van der Waals surface area contributed by atoms with Crippen molar-refractivity contribution in [2.75, 3.05) is 6.54 Å². The highest BCUT2D eigenvalue weighted by Gasteiger charge is 2.36. The van der Waals surface area contributed by atoms with Crippen LogP contribution in [0.1, 0.15) is 20.7 Å². The van der Waals surface area contributed by atoms with Crippen LogP contribution in [0.15, 0.2) is 70.8 Å². The largest absolute Gasteiger partial charge is 0.389 e. The quantitative estimate of drug-likeness (QED) is 0.491. The molecule has 2 aromatic carbocycles. The van der Waals surface area contributed by atoms with Crippen LogP contribution in [-0.2, 0) is 6.54 Å². The van der Waals surface area contributed by atoms with Gasteiger partial charge in [0.15, 0.2) is 0 Å². The molecular formula is C23H17N3O4S. The maximum absolute atomic E-state index is 13.0. The number of carbonyl (C=O) groups is 2. The number of nitrogens with zero attached hydrogens (tertiary/aromatic N) is 3. The third-order valence-corrected chi connectivity index (χ3v) is 6.15. The van der Waals surface area contributed by atoms with Gasteiger partial charge in [-0.1, -0.05) is 36.4 Å². The Morgan fingerprint density at radius 3 is 2.13 bits per heavy atom. The van der Waals surface area contributed by atoms with E-state index in [1.54, 1.807) is 36.4 Å². The van der Waals surface area contributed by atoms with Crippen LogP contribution in [0.3, 0.4) is 0 Å². The minimum atomic E-state index is -1.15. The van der Waals surface area contributed by atoms with Crippen LogP contribution in [-0.4, -0.2) is 44.3 Å². The molecule has 0 aliphatic carbocycles. The second kappa shape index (κ2) is 7.57. The number of fused-ring (bicyclic) bond motifs is 2. The van der Waals surface area contributed by atoms with Gasteiger partial charge in [-0.05, 0) is 29.6 Å². The van der Waals surface area contributed by atoms with E-state index in [0.29, 0.717) is 22.2 Å². The first kappa shape index (κ1) is 19.3. The zero-order valence-electron chi connectivity index (χ0n) is 16.3. The van der Waals surface area contributed by atoms with Gasteiger partial charge >= 0.3 is 0 Å². The second-order valence-electron chi connectivity index (χ2n) is 7.28. The van der Waals surface area contributed by atoms with Gasteiger partial charge in [0.25, 0.3) is 17.4 Å². The summed E-state index contributed by atoms with van der Waals surface area (Å²) in [5.74, 6) is -0.893. The summed E-state index contributed by atoms with van der Waals surface area (Å²) in [4.78, 5) is 40.0. The molecule has 5 rings (SSSR count). The Kier molecular flexibility index (Phi) is 4.72. The molecule has 1 aliphatic heterocycles. The number of rotatable bonds is 5. The van der Waals surface area contributed by atoms with Crippen LogP contribution < -0.4 is 5.56 Å². The summed E-state index contributed by atoms with van der Waals surface area (Å²) >= 11 is 1.51. The molecule has 4 aromatic rings. The fourth-order valence-electron chi connectivity index (χ4n) is 3.83. The number of aromatic nitrogens is 2. The number of hydrogen-bond acceptors (Lipinski definition) is 6. The fourth-order valence-corrected chi connectivity index (χ4v) is 4.55. The number of amides is 2. The molecule has 0 fully saturated rings. The molecule has 0 bridgehead atoms. The Morgan fingerprint density at radius 1 is 0.839 bits per heavy atom. The van der Waals surface area contributed by atoms with Crippen molar-refractivity contribution in [3.8, 4) is 10.6 Å². The van der Waals surface area contributed by atoms with E-state index in [-0.39, 0.29) is 18.6 Å². The number of imide groups is 1. The molecule has 8 heteroatoms. The Morgan fingerprint density at radius 2 is 1.48 bits per heavy atom. The Hall–Kier alpha value is -3.62. The Bertz CT molecular complexity index is 1340. The van der Waals surface area contributed by atoms with Crippen molar-refractivity contribution in [1.82, 2.24) is 14.7 Å². The first-order valence-electron chi connectivity index (χ1n) is 9.71. The second-order valence-corrected chi connectivity index (χ2v) is 8.23. The number of benzene rings is 2. The lowest BCUT2D eigenvalue weighted by atomic mass is 10.1. The molecule has 3 heterocycles. The highest BCUT2D eigenvalue weighted by Crippen LogP contribution is 2.28. The van der Waals surface area contributed by atoms with Crippen molar-refractivity contribution in [3.05, 3.63) is 87.5 Å². The zero-order valence-corrected chi connectivity index (χ0v) is 17.1. The van der Waals surface area contributed by atoms with Gasteiger partial charge in [0.05, 0.1) is 40.6 Å². The number of hydrogen-bond donors (Lipinski definition) is 1. The lowest BCUT2D eigenvalue weighted by molar-refractivity contribution is 0.0513. The molecule has 2 aromatic heterocycles. The smallest absolute Gasteiger partial charge is 0.274 e. The molecule has 1 aliphatic rings. The highest BCUT2D eigenvalue weighted by molar-refractivity contribution is 7.13. The van der Waals surface area contributed by atoms with E-state index in [0.717, 1.165) is 15.2 Å². The van der Waals surface area contributed by atoms with Gasteiger partial charge in [-0.15, -0.1) is 11.3 Å². The average Bonchev–Trinajstić information content (AvgIpc) is 3.40. The van der Waals surface area contributed by atoms with Crippen molar-refractivity contribution in [2.24, 2.45) is 0 Å². The van der Waals surface area contributed by atoms with Crippen molar-refractivity contribution in [3.63, 3.8) is 0 Å². The summed E-state index contributed by atoms with van der Waals surface area (Å²) in [5.41, 5.74) is 0.955. The summed E-state index contributed by atoms with van der Waals surface area (Å²) in [6, 6.07) is 17.6. The van der Waals surface area contributed by atoms with Crippen molar-refractivity contribution in [1.29, 1.82) is 0 Å². The lowest BCUT2D eigenvalue weighted by Crippen LogP contribution is -2.40. The third kappa shape index (κ3) is 3.26. The van der Waals surface area contributed by atoms with Gasteiger partial charge in [0.1, 0.15) is 5.69 Å². The molecule has 7 nitrogen and oxygen atoms in total. The molecular weight excluding hydrogens is 414 g/mol. The highest BCUT2D eigenvalue weighted by atomic mass is 32.1. The van der Waals surface area contributed by atoms with E-state index in [4.69, 9.17) is 0 Å². The number of β-amino-alcohol motifs (C(OH)–C–C–N with tert-alkyl or cyclic N) is 1. The summed E-state index contributed by atoms with van der Waals surface area (Å²) in [5, 5.41) is 18.3. The van der Waals surface area contributed by atoms with Gasteiger partial charge in [-0.25, -0.2) is 4.68 Å². The monoisotopic (exact) mass is 431 g/mol. The van der Waals surface area contributed by atoms with Gasteiger partial charge in [-0.2, -0.15) is 5.10 Å². The predicted octanol–water partition coefficient (Wildman–Crippen LogP) is 2.78. The van der Waals surface area contributed by atoms with Crippen LogP contribution in [0.5, 0.6) is 0 Å². The summed E-state index contributed by atoms with van der Waals surface area (Å²) in [6.45, 7) is -0.364. The summed E-state index contributed by atoms with van der Waals surface area (Å²) < 4.78 is 1.21. The average molecular weight is 431 g/mol. The normalized spacial score (nSPS) is 14.3. The first-order valence-corrected chi connectivity index (χ1v) is 10.6. The number of aliphatic hydroxyl groups is 1. The Labute approximate surface area is 180 Å². The molecule has 0 radical (unpaired) electrons. The molecule has 0 saturated heterocycles. The van der Waals surface area contributed by atoms with Crippen molar-refractivity contribution in [2.45, 2.75) is 12.6 Å². The SMILES string of the molecule is O=C1c2ccccc2C(=O)N1CC(O)Cn1nc(-c2cccs2)c2ccccc2c1=O. The summed E-state index contributed by atoms with van der Waals surface area (Å²) in [7, 11) is 0. The molecule has 0 spiro atoms. The van der Waals surface area contributed by atoms with Crippen LogP contribution in [0.2, 0.25) is 0 Å². The van der Waals surface area contributed by atoms with Gasteiger partial charge in [0, 0.05) is 5.39 Å². The van der Waals surface area contributed by atoms with Crippen molar-refractivity contribution < 1.29 is 14.7 Å². The number of aliphatic hydroxyl groups excluding tert-OH is 1. The Balaban J connectivity index is 1.46. The van der Waals surface area contributed by atoms with Gasteiger partial charge < -0.3 is 5.11 Å². The molecule has 0 saturated carbocycles. The standard InChI is InChI=1S/C23H17N3O4S/c27-14(12-25-21(28)17-8-3-4-9-18(17)22(25)29)13-26-23(30)16-7-2-1-6-15(16)20(24-26)19-10-5-11-31-19/h1-11,14,27H,12-13H2. The van der Waals surface area contributed by atoms with E-state index >= 15 is 0 Å². The maximum atomic E-state index is 13.0. The van der Waals surface area contributed by atoms with E-state index in [1.165, 1.54) is 16.0 Å². The van der Waals surface area contributed by atoms with Gasteiger partial charge in [-0.3, -0.25) is 19.3 Å². The molecule has 154 valence electrons. The topological polar surface area (TPSA) is 92.5 Å². The third-order valence-electron chi connectivity index (χ3n) is 5.28. The van der Waals surface area contributed by atoms with Crippen LogP contribution >= 0.6 is 11.3 Å². The van der Waals surface area contributed by atoms with E-state index in [2.05, 4.69) is 5.10 Å². The van der Waals surface area contributed by atoms with E-state index in [1.807, 2.05) is 29.6 Å². The first-order chi connectivity index (χ1) is 15.0. The maximum Gasteiger partial charge on any atom is 0.274 e. The molecule has 2 amide bonds. The van der Waals surface area contributed by atoms with Crippen LogP contribution in [0.4, 0.5) is 0 Å². The zero-order chi connectivity index (χ0) is 21.5. The predicted molar refractivity (Wildman–Crippen MR) is 117 cm³/mol. The van der Waals surface area contributed by atoms with Crippen LogP contribution in [0.25, 0.3) is 21.3 Å². The minimum Gasteiger partial charge on any atom is -0.389 e. The number of thiophene rings is 1. The fraction of sp³-hybridized carbons (Fsp3) is 0.130. The van der Waals surface area contributed by atoms with Crippen LogP contribution in [0, 0.1) is 0 Å². The van der Waals surface area contributed by atoms with E-state index < -0.39 is 17.9 Å². The molecule has 1 N–H and O–H groups in total. The van der Waals surface area contributed by atoms with E-state index in [9.17, 15) is 19.5 Å². The number of carbonyl (C=O) groups excluding carboxylic acids is 2. The molecule has 31 heavy (non-hydrogen) atoms. The lowest BCUT2D eigenvalue weighted by Gasteiger charge is -2.19. The molecule has 1 atom stereocenters. The van der Waals surface area contributed by atoms with Crippen molar-refractivity contribution >= 4 is 33.9 Å².